The van der Waals surface area contributed by atoms with Crippen molar-refractivity contribution < 1.29 is 27.4 Å². The Labute approximate surface area is 133 Å². The molecule has 6 heteroatoms. The van der Waals surface area contributed by atoms with Gasteiger partial charge in [-0.05, 0) is 41.9 Å². The van der Waals surface area contributed by atoms with Crippen LogP contribution in [0.3, 0.4) is 0 Å². The van der Waals surface area contributed by atoms with Crippen LogP contribution in [-0.2, 0) is 5.41 Å². The van der Waals surface area contributed by atoms with Gasteiger partial charge in [-0.3, -0.25) is 0 Å². The second-order valence-electron chi connectivity index (χ2n) is 7.00. The van der Waals surface area contributed by atoms with Crippen LogP contribution in [0.25, 0.3) is 0 Å². The molecule has 0 amide bonds. The highest BCUT2D eigenvalue weighted by Crippen LogP contribution is 2.55. The topological polar surface area (TPSA) is 29.5 Å². The van der Waals surface area contributed by atoms with Gasteiger partial charge in [0, 0.05) is 5.41 Å². The van der Waals surface area contributed by atoms with E-state index in [0.717, 1.165) is 31.4 Å². The molecule has 1 aliphatic carbocycles. The van der Waals surface area contributed by atoms with Crippen LogP contribution in [0, 0.1) is 17.2 Å². The van der Waals surface area contributed by atoms with E-state index >= 15 is 0 Å². The molecule has 23 heavy (non-hydrogen) atoms. The van der Waals surface area contributed by atoms with Crippen molar-refractivity contribution in [2.24, 2.45) is 11.3 Å². The number of halogens is 4. The summed E-state index contributed by atoms with van der Waals surface area (Å²) in [7, 11) is 0. The largest absolute Gasteiger partial charge is 0.573 e. The van der Waals surface area contributed by atoms with E-state index in [1.165, 1.54) is 6.07 Å². The highest BCUT2D eigenvalue weighted by atomic mass is 19.4. The Kier molecular flexibility index (Phi) is 4.68. The first kappa shape index (κ1) is 18.0. The average Bonchev–Trinajstić information content (AvgIpc) is 2.40. The lowest BCUT2D eigenvalue weighted by atomic mass is 9.51. The summed E-state index contributed by atoms with van der Waals surface area (Å²) < 4.78 is 54.6. The monoisotopic (exact) mass is 334 g/mol. The fourth-order valence-electron chi connectivity index (χ4n) is 4.11. The molecular weight excluding hydrogens is 312 g/mol. The smallest absolute Gasteiger partial charge is 0.403 e. The first-order valence-electron chi connectivity index (χ1n) is 7.70. The van der Waals surface area contributed by atoms with Gasteiger partial charge in [0.05, 0.1) is 6.61 Å². The summed E-state index contributed by atoms with van der Waals surface area (Å²) in [4.78, 5) is 0. The zero-order chi connectivity index (χ0) is 17.5. The Balaban J connectivity index is 2.48. The van der Waals surface area contributed by atoms with E-state index in [1.54, 1.807) is 0 Å². The number of benzene rings is 1. The summed E-state index contributed by atoms with van der Waals surface area (Å²) in [6, 6.07) is 3.50. The molecule has 1 aromatic carbocycles. The quantitative estimate of drug-likeness (QED) is 0.805. The minimum Gasteiger partial charge on any atom is -0.403 e. The molecule has 0 saturated heterocycles. The van der Waals surface area contributed by atoms with Crippen molar-refractivity contribution in [1.29, 1.82) is 0 Å². The minimum atomic E-state index is -4.94. The van der Waals surface area contributed by atoms with Crippen LogP contribution >= 0.6 is 0 Å². The normalized spacial score (nSPS) is 27.7. The van der Waals surface area contributed by atoms with Gasteiger partial charge >= 0.3 is 6.36 Å². The third-order valence-corrected chi connectivity index (χ3v) is 5.41. The Bertz CT molecular complexity index is 568. The maximum absolute atomic E-state index is 14.1. The van der Waals surface area contributed by atoms with E-state index in [-0.39, 0.29) is 17.9 Å². The van der Waals surface area contributed by atoms with Crippen LogP contribution in [0.15, 0.2) is 18.2 Å². The van der Waals surface area contributed by atoms with Gasteiger partial charge < -0.3 is 9.84 Å². The molecule has 2 rings (SSSR count). The zero-order valence-electron chi connectivity index (χ0n) is 13.5. The zero-order valence-corrected chi connectivity index (χ0v) is 13.5. The van der Waals surface area contributed by atoms with Crippen molar-refractivity contribution >= 4 is 0 Å². The number of ether oxygens (including phenoxy) is 1. The number of alkyl halides is 3. The first-order chi connectivity index (χ1) is 10.5. The highest BCUT2D eigenvalue weighted by molar-refractivity contribution is 5.37. The van der Waals surface area contributed by atoms with Gasteiger partial charge in [-0.1, -0.05) is 33.3 Å². The molecular formula is C17H22F4O2. The maximum Gasteiger partial charge on any atom is 0.573 e. The van der Waals surface area contributed by atoms with Gasteiger partial charge in [0.15, 0.2) is 11.6 Å². The summed E-state index contributed by atoms with van der Waals surface area (Å²) in [6.07, 6.45) is -2.19. The summed E-state index contributed by atoms with van der Waals surface area (Å²) >= 11 is 0. The van der Waals surface area contributed by atoms with Crippen LogP contribution in [0.5, 0.6) is 5.75 Å². The van der Waals surface area contributed by atoms with E-state index in [4.69, 9.17) is 0 Å². The summed E-state index contributed by atoms with van der Waals surface area (Å²) in [5, 5.41) is 10.1. The van der Waals surface area contributed by atoms with Crippen molar-refractivity contribution in [3.8, 4) is 5.75 Å². The lowest BCUT2D eigenvalue weighted by Crippen LogP contribution is -2.52. The lowest BCUT2D eigenvalue weighted by molar-refractivity contribution is -0.275. The minimum absolute atomic E-state index is 0.0880. The molecule has 2 atom stereocenters. The molecule has 0 bridgehead atoms. The van der Waals surface area contributed by atoms with Gasteiger partial charge in [0.1, 0.15) is 0 Å². The van der Waals surface area contributed by atoms with Gasteiger partial charge in [-0.15, -0.1) is 13.2 Å². The number of rotatable bonds is 3. The molecule has 0 aromatic heterocycles. The molecule has 1 aromatic rings. The van der Waals surface area contributed by atoms with Crippen LogP contribution in [0.1, 0.15) is 45.6 Å². The van der Waals surface area contributed by atoms with Crippen LogP contribution < -0.4 is 4.74 Å². The standard InChI is InChI=1S/C17H22F4O2/c1-11-5-4-8-15(2,3)16(11,10-22)12-6-7-14(13(18)9-12)23-17(19,20)21/h6-7,9,11,22H,4-5,8,10H2,1-3H3/t11-,16+/m0/s1. The molecule has 130 valence electrons. The Morgan fingerprint density at radius 3 is 2.43 bits per heavy atom. The fourth-order valence-corrected chi connectivity index (χ4v) is 4.11. The van der Waals surface area contributed by atoms with Crippen LogP contribution in [0.4, 0.5) is 17.6 Å². The van der Waals surface area contributed by atoms with E-state index in [9.17, 15) is 22.7 Å². The summed E-state index contributed by atoms with van der Waals surface area (Å²) in [5.41, 5.74) is -0.467. The first-order valence-corrected chi connectivity index (χ1v) is 7.70. The van der Waals surface area contributed by atoms with Crippen LogP contribution in [-0.4, -0.2) is 18.1 Å². The number of aliphatic hydroxyl groups excluding tert-OH is 1. The molecule has 1 fully saturated rings. The Morgan fingerprint density at radius 2 is 1.96 bits per heavy atom. The van der Waals surface area contributed by atoms with E-state index in [0.29, 0.717) is 5.56 Å². The fraction of sp³-hybridized carbons (Fsp3) is 0.647. The van der Waals surface area contributed by atoms with E-state index < -0.39 is 23.3 Å². The Morgan fingerprint density at radius 1 is 1.30 bits per heavy atom. The molecule has 0 radical (unpaired) electrons. The third-order valence-electron chi connectivity index (χ3n) is 5.41. The molecule has 0 spiro atoms. The van der Waals surface area contributed by atoms with Gasteiger partial charge in [-0.25, -0.2) is 4.39 Å². The van der Waals surface area contributed by atoms with Gasteiger partial charge in [0.25, 0.3) is 0 Å². The summed E-state index contributed by atoms with van der Waals surface area (Å²) in [5.74, 6) is -1.83. The SMILES string of the molecule is C[C@H]1CCCC(C)(C)[C@@]1(CO)c1ccc(OC(F)(F)F)c(F)c1. The summed E-state index contributed by atoms with van der Waals surface area (Å²) in [6.45, 7) is 5.84. The predicted molar refractivity (Wildman–Crippen MR) is 78.6 cm³/mol. The van der Waals surface area contributed by atoms with Crippen LogP contribution in [0.2, 0.25) is 0 Å². The molecule has 1 N–H and O–H groups in total. The van der Waals surface area contributed by atoms with E-state index in [2.05, 4.69) is 4.74 Å². The second kappa shape index (κ2) is 5.96. The van der Waals surface area contributed by atoms with Crippen molar-refractivity contribution in [2.75, 3.05) is 6.61 Å². The number of aliphatic hydroxyl groups is 1. The molecule has 0 unspecified atom stereocenters. The van der Waals surface area contributed by atoms with Crippen molar-refractivity contribution in [2.45, 2.75) is 51.8 Å². The maximum atomic E-state index is 14.1. The number of hydrogen-bond donors (Lipinski definition) is 1. The molecule has 0 aliphatic heterocycles. The van der Waals surface area contributed by atoms with Crippen molar-refractivity contribution in [3.05, 3.63) is 29.6 Å². The number of hydrogen-bond acceptors (Lipinski definition) is 2. The highest BCUT2D eigenvalue weighted by Gasteiger charge is 2.51. The van der Waals surface area contributed by atoms with Gasteiger partial charge in [0.2, 0.25) is 0 Å². The van der Waals surface area contributed by atoms with Crippen molar-refractivity contribution in [3.63, 3.8) is 0 Å². The van der Waals surface area contributed by atoms with Crippen molar-refractivity contribution in [1.82, 2.24) is 0 Å². The van der Waals surface area contributed by atoms with E-state index in [1.807, 2.05) is 20.8 Å². The molecule has 0 heterocycles. The predicted octanol–water partition coefficient (Wildman–Crippen LogP) is 4.80. The second-order valence-corrected chi connectivity index (χ2v) is 7.00. The average molecular weight is 334 g/mol. The lowest BCUT2D eigenvalue weighted by Gasteiger charge is -2.54. The molecule has 1 aliphatic rings. The third kappa shape index (κ3) is 3.18. The van der Waals surface area contributed by atoms with Gasteiger partial charge in [-0.2, -0.15) is 0 Å². The molecule has 1 saturated carbocycles. The molecule has 2 nitrogen and oxygen atoms in total. The Hall–Kier alpha value is -1.30.